The minimum absolute atomic E-state index is 0.0682. The van der Waals surface area contributed by atoms with Crippen molar-refractivity contribution in [1.82, 2.24) is 4.31 Å². The highest BCUT2D eigenvalue weighted by Crippen LogP contribution is 2.30. The molecule has 0 spiro atoms. The van der Waals surface area contributed by atoms with Crippen LogP contribution in [-0.2, 0) is 15.9 Å². The summed E-state index contributed by atoms with van der Waals surface area (Å²) in [5.74, 6) is -0.0868. The number of alkyl halides is 1. The third kappa shape index (κ3) is 3.75. The quantitative estimate of drug-likeness (QED) is 0.700. The molecule has 1 heterocycles. The number of hydrogen-bond donors (Lipinski definition) is 0. The van der Waals surface area contributed by atoms with Gasteiger partial charge in [-0.2, -0.15) is 16.1 Å². The Balaban J connectivity index is 2.42. The molecule has 0 radical (unpaired) electrons. The Bertz CT molecular complexity index is 627. The average Bonchev–Trinajstić information content (AvgIpc) is 2.49. The van der Waals surface area contributed by atoms with Crippen LogP contribution in [0, 0.1) is 5.82 Å². The summed E-state index contributed by atoms with van der Waals surface area (Å²) in [6, 6.07) is 2.81. The molecule has 0 N–H and O–H groups in total. The first-order valence-electron chi connectivity index (χ1n) is 6.55. The first-order chi connectivity index (χ1) is 9.90. The van der Waals surface area contributed by atoms with E-state index in [2.05, 4.69) is 15.9 Å². The molecule has 1 aliphatic rings. The molecule has 0 amide bonds. The van der Waals surface area contributed by atoms with Crippen LogP contribution in [0.3, 0.4) is 0 Å². The van der Waals surface area contributed by atoms with Crippen LogP contribution in [0.5, 0.6) is 0 Å². The Morgan fingerprint density at radius 3 is 2.86 bits per heavy atom. The Morgan fingerprint density at radius 1 is 1.52 bits per heavy atom. The highest BCUT2D eigenvalue weighted by molar-refractivity contribution is 9.10. The molecule has 0 saturated carbocycles. The molecule has 1 aromatic carbocycles. The van der Waals surface area contributed by atoms with Crippen molar-refractivity contribution in [3.63, 3.8) is 0 Å². The second-order valence-corrected chi connectivity index (χ2v) is 9.27. The molecule has 1 saturated heterocycles. The van der Waals surface area contributed by atoms with Gasteiger partial charge >= 0.3 is 0 Å². The van der Waals surface area contributed by atoms with Crippen LogP contribution in [0.25, 0.3) is 0 Å². The number of hydrogen-bond acceptors (Lipinski definition) is 3. The van der Waals surface area contributed by atoms with Gasteiger partial charge in [0.25, 0.3) is 0 Å². The number of sulfonamides is 1. The largest absolute Gasteiger partial charge is 0.246 e. The van der Waals surface area contributed by atoms with E-state index in [9.17, 15) is 12.8 Å². The van der Waals surface area contributed by atoms with E-state index >= 15 is 0 Å². The first kappa shape index (κ1) is 17.5. The van der Waals surface area contributed by atoms with Gasteiger partial charge in [-0.3, -0.25) is 0 Å². The molecule has 0 aromatic heterocycles. The topological polar surface area (TPSA) is 37.4 Å². The summed E-state index contributed by atoms with van der Waals surface area (Å²) in [5, 5.41) is 0.260. The smallest absolute Gasteiger partial charge is 0.207 e. The summed E-state index contributed by atoms with van der Waals surface area (Å²) in [4.78, 5) is -0.297. The molecular formula is C13H16BrClFNO2S2. The molecule has 1 aromatic rings. The van der Waals surface area contributed by atoms with Gasteiger partial charge in [0.15, 0.2) is 0 Å². The lowest BCUT2D eigenvalue weighted by Crippen LogP contribution is -2.42. The molecule has 8 heteroatoms. The van der Waals surface area contributed by atoms with Crippen molar-refractivity contribution in [2.75, 3.05) is 18.8 Å². The number of rotatable bonds is 4. The maximum absolute atomic E-state index is 14.4. The van der Waals surface area contributed by atoms with Crippen LogP contribution in [0.4, 0.5) is 4.39 Å². The molecule has 21 heavy (non-hydrogen) atoms. The number of halogens is 3. The maximum Gasteiger partial charge on any atom is 0.246 e. The molecule has 0 bridgehead atoms. The highest BCUT2D eigenvalue weighted by atomic mass is 79.9. The van der Waals surface area contributed by atoms with E-state index in [1.807, 2.05) is 6.92 Å². The zero-order chi connectivity index (χ0) is 15.6. The lowest BCUT2D eigenvalue weighted by molar-refractivity contribution is 0.412. The highest BCUT2D eigenvalue weighted by Gasteiger charge is 2.32. The van der Waals surface area contributed by atoms with Crippen molar-refractivity contribution in [2.24, 2.45) is 0 Å². The molecule has 118 valence electrons. The third-order valence-corrected chi connectivity index (χ3v) is 7.38. The summed E-state index contributed by atoms with van der Waals surface area (Å²) in [7, 11) is -3.83. The average molecular weight is 417 g/mol. The lowest BCUT2D eigenvalue weighted by Gasteiger charge is -2.31. The van der Waals surface area contributed by atoms with E-state index in [1.54, 1.807) is 11.8 Å². The first-order valence-corrected chi connectivity index (χ1v) is 10.4. The van der Waals surface area contributed by atoms with E-state index in [4.69, 9.17) is 11.6 Å². The second-order valence-electron chi connectivity index (χ2n) is 4.77. The van der Waals surface area contributed by atoms with E-state index in [0.717, 1.165) is 12.2 Å². The zero-order valence-corrected chi connectivity index (χ0v) is 15.5. The molecular weight excluding hydrogens is 401 g/mol. The molecule has 1 unspecified atom stereocenters. The third-order valence-electron chi connectivity index (χ3n) is 3.40. The van der Waals surface area contributed by atoms with Crippen LogP contribution in [-0.4, -0.2) is 36.8 Å². The van der Waals surface area contributed by atoms with Gasteiger partial charge in [-0.1, -0.05) is 22.9 Å². The maximum atomic E-state index is 14.4. The summed E-state index contributed by atoms with van der Waals surface area (Å²) in [5.41, 5.74) is 0.183. The van der Waals surface area contributed by atoms with E-state index in [1.165, 1.54) is 16.4 Å². The van der Waals surface area contributed by atoms with Gasteiger partial charge in [0.2, 0.25) is 10.0 Å². The van der Waals surface area contributed by atoms with Gasteiger partial charge in [-0.05, 0) is 18.6 Å². The predicted octanol–water partition coefficient (Wildman–Crippen LogP) is 3.84. The molecule has 1 aliphatic heterocycles. The Hall–Kier alpha value is 0.180. The fourth-order valence-electron chi connectivity index (χ4n) is 2.20. The Kier molecular flexibility index (Phi) is 5.99. The van der Waals surface area contributed by atoms with Crippen molar-refractivity contribution in [3.05, 3.63) is 28.0 Å². The monoisotopic (exact) mass is 415 g/mol. The fraction of sp³-hybridized carbons (Fsp3) is 0.538. The fourth-order valence-corrected chi connectivity index (χ4v) is 6.06. The number of thioether (sulfide) groups is 1. The van der Waals surface area contributed by atoms with Crippen molar-refractivity contribution >= 4 is 49.3 Å². The summed E-state index contributed by atoms with van der Waals surface area (Å²) in [6.07, 6.45) is 0.893. The molecule has 2 rings (SSSR count). The van der Waals surface area contributed by atoms with Crippen molar-refractivity contribution in [1.29, 1.82) is 0 Å². The summed E-state index contributed by atoms with van der Waals surface area (Å²) in [6.45, 7) is 2.86. The summed E-state index contributed by atoms with van der Waals surface area (Å²) < 4.78 is 41.7. The van der Waals surface area contributed by atoms with Gasteiger partial charge in [-0.25, -0.2) is 12.8 Å². The predicted molar refractivity (Wildman–Crippen MR) is 89.0 cm³/mol. The van der Waals surface area contributed by atoms with Crippen molar-refractivity contribution in [2.45, 2.75) is 29.4 Å². The summed E-state index contributed by atoms with van der Waals surface area (Å²) >= 11 is 10.7. The molecule has 1 atom stereocenters. The van der Waals surface area contributed by atoms with Crippen molar-refractivity contribution < 1.29 is 12.8 Å². The lowest BCUT2D eigenvalue weighted by atomic mass is 10.2. The van der Waals surface area contributed by atoms with Crippen LogP contribution in [0.2, 0.25) is 0 Å². The number of benzene rings is 1. The zero-order valence-electron chi connectivity index (χ0n) is 11.5. The molecule has 1 fully saturated rings. The van der Waals surface area contributed by atoms with Crippen LogP contribution >= 0.6 is 39.3 Å². The SMILES string of the molecule is CCC1CN(S(=O)(=O)c2cc(Br)cc(CCl)c2F)CCS1. The standard InChI is InChI=1S/C13H16BrClFNO2S2/c1-2-11-8-17(3-4-20-11)21(18,19)12-6-10(14)5-9(7-15)13(12)16/h5-6,11H,2-4,7-8H2,1H3. The number of nitrogens with zero attached hydrogens (tertiary/aromatic N) is 1. The van der Waals surface area contributed by atoms with Crippen molar-refractivity contribution in [3.8, 4) is 0 Å². The minimum atomic E-state index is -3.83. The van der Waals surface area contributed by atoms with Gasteiger partial charge in [0.05, 0.1) is 5.88 Å². The van der Waals surface area contributed by atoms with E-state index < -0.39 is 15.8 Å². The molecule has 0 aliphatic carbocycles. The van der Waals surface area contributed by atoms with Crippen LogP contribution in [0.1, 0.15) is 18.9 Å². The van der Waals surface area contributed by atoms with Gasteiger partial charge in [0, 0.05) is 34.1 Å². The Labute approximate surface area is 142 Å². The van der Waals surface area contributed by atoms with E-state index in [0.29, 0.717) is 17.6 Å². The minimum Gasteiger partial charge on any atom is -0.207 e. The van der Waals surface area contributed by atoms with Crippen LogP contribution < -0.4 is 0 Å². The Morgan fingerprint density at radius 2 is 2.24 bits per heavy atom. The second kappa shape index (κ2) is 7.17. The van der Waals surface area contributed by atoms with Crippen LogP contribution in [0.15, 0.2) is 21.5 Å². The molecule has 3 nitrogen and oxygen atoms in total. The normalized spacial score (nSPS) is 20.7. The van der Waals surface area contributed by atoms with Gasteiger partial charge in [-0.15, -0.1) is 11.6 Å². The van der Waals surface area contributed by atoms with Gasteiger partial charge in [0.1, 0.15) is 10.7 Å². The van der Waals surface area contributed by atoms with Gasteiger partial charge < -0.3 is 0 Å². The van der Waals surface area contributed by atoms with E-state index in [-0.39, 0.29) is 21.6 Å².